The van der Waals surface area contributed by atoms with Gasteiger partial charge in [-0.05, 0) is 60.3 Å². The first-order chi connectivity index (χ1) is 13.1. The van der Waals surface area contributed by atoms with Crippen molar-refractivity contribution in [1.29, 1.82) is 0 Å². The van der Waals surface area contributed by atoms with E-state index in [-0.39, 0.29) is 11.8 Å². The number of thiophene rings is 1. The van der Waals surface area contributed by atoms with Crippen molar-refractivity contribution in [3.8, 4) is 0 Å². The number of hydrogen-bond acceptors (Lipinski definition) is 5. The molecular formula is C20H15N3O2S2. The van der Waals surface area contributed by atoms with Gasteiger partial charge in [-0.3, -0.25) is 14.9 Å². The SMILES string of the molecule is Cc1ccc2nc(NC(=O)c3ccc(NC(=O)c4cccs4)cc3)sc2c1. The predicted molar refractivity (Wildman–Crippen MR) is 111 cm³/mol. The summed E-state index contributed by atoms with van der Waals surface area (Å²) in [5.74, 6) is -0.395. The summed E-state index contributed by atoms with van der Waals surface area (Å²) >= 11 is 2.83. The monoisotopic (exact) mass is 393 g/mol. The minimum absolute atomic E-state index is 0.160. The fraction of sp³-hybridized carbons (Fsp3) is 0.0500. The van der Waals surface area contributed by atoms with Crippen LogP contribution in [0.4, 0.5) is 10.8 Å². The zero-order valence-electron chi connectivity index (χ0n) is 14.4. The minimum Gasteiger partial charge on any atom is -0.321 e. The molecule has 4 rings (SSSR count). The maximum absolute atomic E-state index is 12.4. The number of aromatic nitrogens is 1. The van der Waals surface area contributed by atoms with E-state index >= 15 is 0 Å². The van der Waals surface area contributed by atoms with Crippen LogP contribution >= 0.6 is 22.7 Å². The van der Waals surface area contributed by atoms with Crippen molar-refractivity contribution in [3.63, 3.8) is 0 Å². The highest BCUT2D eigenvalue weighted by molar-refractivity contribution is 7.22. The van der Waals surface area contributed by atoms with Gasteiger partial charge in [-0.2, -0.15) is 0 Å². The number of nitrogens with one attached hydrogen (secondary N) is 2. The number of anilines is 2. The Balaban J connectivity index is 1.44. The normalized spacial score (nSPS) is 10.7. The standard InChI is InChI=1S/C20H15N3O2S2/c1-12-4-9-15-17(11-12)27-20(22-15)23-18(24)13-5-7-14(8-6-13)21-19(25)16-3-2-10-26-16/h2-11H,1H3,(H,21,25)(H,22,23,24). The first kappa shape index (κ1) is 17.4. The lowest BCUT2D eigenvalue weighted by Gasteiger charge is -2.05. The molecule has 0 bridgehead atoms. The second-order valence-electron chi connectivity index (χ2n) is 5.95. The number of benzene rings is 2. The third-order valence-electron chi connectivity index (χ3n) is 3.91. The van der Waals surface area contributed by atoms with E-state index in [1.807, 2.05) is 36.6 Å². The van der Waals surface area contributed by atoms with Crippen molar-refractivity contribution in [2.24, 2.45) is 0 Å². The van der Waals surface area contributed by atoms with E-state index in [2.05, 4.69) is 15.6 Å². The Kier molecular flexibility index (Phi) is 4.70. The molecule has 5 nitrogen and oxygen atoms in total. The quantitative estimate of drug-likeness (QED) is 0.502. The van der Waals surface area contributed by atoms with Crippen LogP contribution in [-0.2, 0) is 0 Å². The van der Waals surface area contributed by atoms with Gasteiger partial charge >= 0.3 is 0 Å². The number of fused-ring (bicyclic) bond motifs is 1. The third-order valence-corrected chi connectivity index (χ3v) is 5.72. The van der Waals surface area contributed by atoms with Gasteiger partial charge < -0.3 is 5.32 Å². The molecule has 0 spiro atoms. The molecule has 2 N–H and O–H groups in total. The lowest BCUT2D eigenvalue weighted by molar-refractivity contribution is 0.102. The Hall–Kier alpha value is -3.03. The third kappa shape index (κ3) is 3.89. The first-order valence-corrected chi connectivity index (χ1v) is 9.91. The second kappa shape index (κ2) is 7.30. The summed E-state index contributed by atoms with van der Waals surface area (Å²) in [4.78, 5) is 29.6. The molecule has 0 radical (unpaired) electrons. The van der Waals surface area contributed by atoms with Gasteiger partial charge in [0.2, 0.25) is 0 Å². The van der Waals surface area contributed by atoms with E-state index < -0.39 is 0 Å². The average Bonchev–Trinajstić information content (AvgIpc) is 3.31. The summed E-state index contributed by atoms with van der Waals surface area (Å²) in [6, 6.07) is 16.4. The van der Waals surface area contributed by atoms with E-state index in [0.717, 1.165) is 15.8 Å². The predicted octanol–water partition coefficient (Wildman–Crippen LogP) is 5.17. The molecule has 2 heterocycles. The Morgan fingerprint density at radius 1 is 0.963 bits per heavy atom. The van der Waals surface area contributed by atoms with Crippen molar-refractivity contribution in [2.45, 2.75) is 6.92 Å². The van der Waals surface area contributed by atoms with Crippen LogP contribution in [0.1, 0.15) is 25.6 Å². The number of carbonyl (C=O) groups is 2. The van der Waals surface area contributed by atoms with Gasteiger partial charge in [0.25, 0.3) is 11.8 Å². The first-order valence-electron chi connectivity index (χ1n) is 8.22. The molecule has 7 heteroatoms. The van der Waals surface area contributed by atoms with Crippen LogP contribution in [0.3, 0.4) is 0 Å². The summed E-state index contributed by atoms with van der Waals surface area (Å²) in [7, 11) is 0. The average molecular weight is 393 g/mol. The topological polar surface area (TPSA) is 71.1 Å². The van der Waals surface area contributed by atoms with E-state index in [1.165, 1.54) is 22.7 Å². The van der Waals surface area contributed by atoms with Crippen LogP contribution in [-0.4, -0.2) is 16.8 Å². The van der Waals surface area contributed by atoms with Gasteiger partial charge in [-0.25, -0.2) is 4.98 Å². The van der Waals surface area contributed by atoms with Crippen LogP contribution in [0.5, 0.6) is 0 Å². The summed E-state index contributed by atoms with van der Waals surface area (Å²) in [5, 5.41) is 8.06. The van der Waals surface area contributed by atoms with Gasteiger partial charge in [0.05, 0.1) is 15.1 Å². The molecule has 27 heavy (non-hydrogen) atoms. The zero-order valence-corrected chi connectivity index (χ0v) is 16.0. The maximum atomic E-state index is 12.4. The molecule has 0 aliphatic carbocycles. The fourth-order valence-corrected chi connectivity index (χ4v) is 4.14. The molecule has 0 saturated heterocycles. The fourth-order valence-electron chi connectivity index (χ4n) is 2.56. The van der Waals surface area contributed by atoms with Gasteiger partial charge in [0.15, 0.2) is 5.13 Å². The second-order valence-corrected chi connectivity index (χ2v) is 7.93. The van der Waals surface area contributed by atoms with Gasteiger partial charge in [0.1, 0.15) is 0 Å². The van der Waals surface area contributed by atoms with E-state index in [0.29, 0.717) is 21.3 Å². The number of aryl methyl sites for hydroxylation is 1. The van der Waals surface area contributed by atoms with Crippen LogP contribution in [0, 0.1) is 6.92 Å². The molecule has 2 aromatic heterocycles. The van der Waals surface area contributed by atoms with Crippen molar-refractivity contribution in [3.05, 3.63) is 76.0 Å². The number of amides is 2. The molecule has 0 atom stereocenters. The molecule has 2 amide bonds. The number of nitrogens with zero attached hydrogens (tertiary/aromatic N) is 1. The molecule has 2 aromatic carbocycles. The molecule has 0 fully saturated rings. The Labute approximate surface area is 163 Å². The molecule has 0 unspecified atom stereocenters. The van der Waals surface area contributed by atoms with Gasteiger partial charge in [-0.15, -0.1) is 11.3 Å². The van der Waals surface area contributed by atoms with E-state index in [9.17, 15) is 9.59 Å². The molecule has 0 aliphatic rings. The highest BCUT2D eigenvalue weighted by Crippen LogP contribution is 2.27. The highest BCUT2D eigenvalue weighted by atomic mass is 32.1. The van der Waals surface area contributed by atoms with Crippen molar-refractivity contribution in [1.82, 2.24) is 4.98 Å². The van der Waals surface area contributed by atoms with Crippen LogP contribution in [0.2, 0.25) is 0 Å². The summed E-state index contributed by atoms with van der Waals surface area (Å²) in [5.41, 5.74) is 3.16. The summed E-state index contributed by atoms with van der Waals surface area (Å²) in [6.07, 6.45) is 0. The number of rotatable bonds is 4. The Morgan fingerprint density at radius 2 is 1.78 bits per heavy atom. The van der Waals surface area contributed by atoms with Crippen LogP contribution < -0.4 is 10.6 Å². The van der Waals surface area contributed by atoms with Gasteiger partial charge in [-0.1, -0.05) is 23.5 Å². The van der Waals surface area contributed by atoms with Crippen molar-refractivity contribution in [2.75, 3.05) is 10.6 Å². The maximum Gasteiger partial charge on any atom is 0.265 e. The summed E-state index contributed by atoms with van der Waals surface area (Å²) < 4.78 is 1.04. The molecular weight excluding hydrogens is 378 g/mol. The molecule has 0 aliphatic heterocycles. The Morgan fingerprint density at radius 3 is 2.52 bits per heavy atom. The van der Waals surface area contributed by atoms with E-state index in [1.54, 1.807) is 30.3 Å². The molecule has 134 valence electrons. The van der Waals surface area contributed by atoms with Crippen molar-refractivity contribution >= 4 is 55.5 Å². The van der Waals surface area contributed by atoms with Crippen molar-refractivity contribution < 1.29 is 9.59 Å². The van der Waals surface area contributed by atoms with E-state index in [4.69, 9.17) is 0 Å². The number of carbonyl (C=O) groups excluding carboxylic acids is 2. The number of thiazole rings is 1. The lowest BCUT2D eigenvalue weighted by atomic mass is 10.2. The lowest BCUT2D eigenvalue weighted by Crippen LogP contribution is -2.13. The summed E-state index contributed by atoms with van der Waals surface area (Å²) in [6.45, 7) is 2.02. The van der Waals surface area contributed by atoms with Gasteiger partial charge in [0, 0.05) is 11.3 Å². The zero-order chi connectivity index (χ0) is 18.8. The molecule has 4 aromatic rings. The molecule has 0 saturated carbocycles. The Bertz CT molecular complexity index is 1120. The minimum atomic E-state index is -0.234. The van der Waals surface area contributed by atoms with Crippen LogP contribution in [0.15, 0.2) is 60.0 Å². The number of hydrogen-bond donors (Lipinski definition) is 2. The largest absolute Gasteiger partial charge is 0.321 e. The highest BCUT2D eigenvalue weighted by Gasteiger charge is 2.11. The smallest absolute Gasteiger partial charge is 0.265 e. The van der Waals surface area contributed by atoms with Crippen LogP contribution in [0.25, 0.3) is 10.2 Å².